The molecule has 0 aliphatic rings. The first kappa shape index (κ1) is 13.9. The van der Waals surface area contributed by atoms with Crippen molar-refractivity contribution >= 4 is 17.6 Å². The van der Waals surface area contributed by atoms with E-state index in [1.54, 1.807) is 6.92 Å². The number of alkyl halides is 2. The molecule has 1 amide bonds. The molecule has 0 heterocycles. The molecule has 0 saturated heterocycles. The minimum Gasteiger partial charge on any atom is -0.459 e. The smallest absolute Gasteiger partial charge is 0.397 e. The highest BCUT2D eigenvalue weighted by Gasteiger charge is 2.17. The van der Waals surface area contributed by atoms with Crippen LogP contribution in [-0.2, 0) is 14.3 Å². The van der Waals surface area contributed by atoms with Gasteiger partial charge in [-0.05, 0) is 19.1 Å². The summed E-state index contributed by atoms with van der Waals surface area (Å²) in [5, 5.41) is 2.13. The van der Waals surface area contributed by atoms with Gasteiger partial charge in [-0.1, -0.05) is 12.1 Å². The third kappa shape index (κ3) is 4.00. The molecule has 5 nitrogen and oxygen atoms in total. The molecule has 0 bridgehead atoms. The Bertz CT molecular complexity index is 437. The molecule has 0 aliphatic heterocycles. The molecule has 0 radical (unpaired) electrons. The molecule has 18 heavy (non-hydrogen) atoms. The monoisotopic (exact) mass is 259 g/mol. The highest BCUT2D eigenvalue weighted by molar-refractivity contribution is 6.37. The van der Waals surface area contributed by atoms with Gasteiger partial charge >= 0.3 is 18.5 Å². The standard InChI is InChI=1S/C11H11F2NO4/c1-2-17-10(16)9(15)14-7-5-3-4-6-8(7)18-11(12)13/h3-6,11H,2H2,1H3,(H,14,15). The molecular weight excluding hydrogens is 248 g/mol. The van der Waals surface area contributed by atoms with Crippen LogP contribution in [0, 0.1) is 0 Å². The Morgan fingerprint density at radius 2 is 2.00 bits per heavy atom. The fraction of sp³-hybridized carbons (Fsp3) is 0.273. The average molecular weight is 259 g/mol. The number of nitrogens with one attached hydrogen (secondary N) is 1. The van der Waals surface area contributed by atoms with Crippen molar-refractivity contribution in [2.24, 2.45) is 0 Å². The minimum absolute atomic E-state index is 0.0316. The molecule has 1 aromatic rings. The van der Waals surface area contributed by atoms with E-state index in [1.807, 2.05) is 0 Å². The van der Waals surface area contributed by atoms with Gasteiger partial charge in [0.2, 0.25) is 0 Å². The molecule has 0 fully saturated rings. The summed E-state index contributed by atoms with van der Waals surface area (Å²) in [5.41, 5.74) is -0.0316. The first-order valence-electron chi connectivity index (χ1n) is 5.06. The van der Waals surface area contributed by atoms with Crippen LogP contribution in [-0.4, -0.2) is 25.1 Å². The van der Waals surface area contributed by atoms with Crippen LogP contribution >= 0.6 is 0 Å². The van der Waals surface area contributed by atoms with Crippen molar-refractivity contribution in [3.63, 3.8) is 0 Å². The summed E-state index contributed by atoms with van der Waals surface area (Å²) in [4.78, 5) is 22.4. The van der Waals surface area contributed by atoms with Gasteiger partial charge in [0, 0.05) is 0 Å². The lowest BCUT2D eigenvalue weighted by atomic mass is 10.3. The molecule has 0 aromatic heterocycles. The number of hydrogen-bond acceptors (Lipinski definition) is 4. The fourth-order valence-corrected chi connectivity index (χ4v) is 1.14. The second-order valence-electron chi connectivity index (χ2n) is 3.05. The van der Waals surface area contributed by atoms with Gasteiger partial charge in [0.15, 0.2) is 0 Å². The first-order valence-corrected chi connectivity index (χ1v) is 5.06. The second kappa shape index (κ2) is 6.53. The lowest BCUT2D eigenvalue weighted by Crippen LogP contribution is -2.25. The summed E-state index contributed by atoms with van der Waals surface area (Å²) in [6, 6.07) is 5.53. The maximum atomic E-state index is 12.1. The van der Waals surface area contributed by atoms with Crippen molar-refractivity contribution in [2.45, 2.75) is 13.5 Å². The number of carbonyl (C=O) groups excluding carboxylic acids is 2. The van der Waals surface area contributed by atoms with Crippen LogP contribution in [0.5, 0.6) is 5.75 Å². The van der Waals surface area contributed by atoms with E-state index >= 15 is 0 Å². The Labute approximate surface area is 102 Å². The summed E-state index contributed by atoms with van der Waals surface area (Å²) >= 11 is 0. The Hall–Kier alpha value is -2.18. The van der Waals surface area contributed by atoms with E-state index in [9.17, 15) is 18.4 Å². The quantitative estimate of drug-likeness (QED) is 0.661. The lowest BCUT2D eigenvalue weighted by Gasteiger charge is -2.10. The van der Waals surface area contributed by atoms with Gasteiger partial charge < -0.3 is 14.8 Å². The summed E-state index contributed by atoms with van der Waals surface area (Å²) in [5.74, 6) is -2.38. The van der Waals surface area contributed by atoms with E-state index in [2.05, 4.69) is 14.8 Å². The molecule has 1 rings (SSSR count). The van der Waals surface area contributed by atoms with Crippen LogP contribution in [0.1, 0.15) is 6.92 Å². The first-order chi connectivity index (χ1) is 8.54. The van der Waals surface area contributed by atoms with Crippen molar-refractivity contribution < 1.29 is 27.8 Å². The van der Waals surface area contributed by atoms with Crippen LogP contribution in [0.4, 0.5) is 14.5 Å². The Balaban J connectivity index is 2.77. The number of carbonyl (C=O) groups is 2. The van der Waals surface area contributed by atoms with E-state index < -0.39 is 18.5 Å². The number of anilines is 1. The second-order valence-corrected chi connectivity index (χ2v) is 3.05. The molecule has 0 spiro atoms. The Kier molecular flexibility index (Phi) is 5.04. The van der Waals surface area contributed by atoms with Gasteiger partial charge in [0.25, 0.3) is 0 Å². The molecule has 0 unspecified atom stereocenters. The molecule has 0 atom stereocenters. The lowest BCUT2D eigenvalue weighted by molar-refractivity contribution is -0.152. The summed E-state index contributed by atoms with van der Waals surface area (Å²) < 4.78 is 32.8. The third-order valence-electron chi connectivity index (χ3n) is 1.81. The maximum absolute atomic E-state index is 12.1. The molecule has 0 aliphatic carbocycles. The van der Waals surface area contributed by atoms with E-state index in [0.717, 1.165) is 0 Å². The number of para-hydroxylation sites is 2. The highest BCUT2D eigenvalue weighted by atomic mass is 19.3. The molecule has 98 valence electrons. The van der Waals surface area contributed by atoms with Crippen LogP contribution in [0.25, 0.3) is 0 Å². The molecule has 1 N–H and O–H groups in total. The number of benzene rings is 1. The summed E-state index contributed by atoms with van der Waals surface area (Å²) in [6.45, 7) is -1.44. The largest absolute Gasteiger partial charge is 0.459 e. The van der Waals surface area contributed by atoms with Gasteiger partial charge in [-0.2, -0.15) is 8.78 Å². The summed E-state index contributed by atoms with van der Waals surface area (Å²) in [6.07, 6.45) is 0. The topological polar surface area (TPSA) is 64.6 Å². The van der Waals surface area contributed by atoms with E-state index in [0.29, 0.717) is 0 Å². The number of rotatable bonds is 4. The zero-order chi connectivity index (χ0) is 13.5. The number of ether oxygens (including phenoxy) is 2. The minimum atomic E-state index is -3.02. The van der Waals surface area contributed by atoms with E-state index in [-0.39, 0.29) is 18.0 Å². The van der Waals surface area contributed by atoms with E-state index in [1.165, 1.54) is 24.3 Å². The number of amides is 1. The fourth-order valence-electron chi connectivity index (χ4n) is 1.14. The summed E-state index contributed by atoms with van der Waals surface area (Å²) in [7, 11) is 0. The van der Waals surface area contributed by atoms with Crippen LogP contribution < -0.4 is 10.1 Å². The molecule has 0 saturated carbocycles. The highest BCUT2D eigenvalue weighted by Crippen LogP contribution is 2.25. The zero-order valence-electron chi connectivity index (χ0n) is 9.48. The van der Waals surface area contributed by atoms with Gasteiger partial charge in [-0.25, -0.2) is 4.79 Å². The predicted molar refractivity (Wildman–Crippen MR) is 58.3 cm³/mol. The van der Waals surface area contributed by atoms with Crippen molar-refractivity contribution in [3.8, 4) is 5.75 Å². The van der Waals surface area contributed by atoms with Crippen LogP contribution in [0.15, 0.2) is 24.3 Å². The average Bonchev–Trinajstić information content (AvgIpc) is 2.31. The van der Waals surface area contributed by atoms with E-state index in [4.69, 9.17) is 0 Å². The van der Waals surface area contributed by atoms with Crippen molar-refractivity contribution in [1.82, 2.24) is 0 Å². The number of halogens is 2. The molecular formula is C11H11F2NO4. The van der Waals surface area contributed by atoms with Crippen molar-refractivity contribution in [2.75, 3.05) is 11.9 Å². The third-order valence-corrected chi connectivity index (χ3v) is 1.81. The Morgan fingerprint density at radius 3 is 2.61 bits per heavy atom. The van der Waals surface area contributed by atoms with Crippen molar-refractivity contribution in [3.05, 3.63) is 24.3 Å². The van der Waals surface area contributed by atoms with Gasteiger partial charge in [0.1, 0.15) is 5.75 Å². The molecule has 1 aromatic carbocycles. The maximum Gasteiger partial charge on any atom is 0.397 e. The van der Waals surface area contributed by atoms with Crippen LogP contribution in [0.3, 0.4) is 0 Å². The molecule has 7 heteroatoms. The SMILES string of the molecule is CCOC(=O)C(=O)Nc1ccccc1OC(F)F. The van der Waals surface area contributed by atoms with Crippen LogP contribution in [0.2, 0.25) is 0 Å². The van der Waals surface area contributed by atoms with Gasteiger partial charge in [-0.15, -0.1) is 0 Å². The number of esters is 1. The predicted octanol–water partition coefficient (Wildman–Crippen LogP) is 1.79. The van der Waals surface area contributed by atoms with Crippen molar-refractivity contribution in [1.29, 1.82) is 0 Å². The van der Waals surface area contributed by atoms with Gasteiger partial charge in [-0.3, -0.25) is 4.79 Å². The van der Waals surface area contributed by atoms with Gasteiger partial charge in [0.05, 0.1) is 12.3 Å². The number of hydrogen-bond donors (Lipinski definition) is 1. The zero-order valence-corrected chi connectivity index (χ0v) is 9.48. The Morgan fingerprint density at radius 1 is 1.33 bits per heavy atom. The normalized spacial score (nSPS) is 10.0.